The number of anilines is 3. The van der Waals surface area contributed by atoms with E-state index in [-0.39, 0.29) is 17.4 Å². The molecule has 2 fully saturated rings. The minimum absolute atomic E-state index is 0.113. The molecular weight excluding hydrogens is 378 g/mol. The van der Waals surface area contributed by atoms with E-state index >= 15 is 0 Å². The molecule has 0 unspecified atom stereocenters. The molecule has 156 valence electrons. The van der Waals surface area contributed by atoms with Crippen LogP contribution in [-0.4, -0.2) is 59.4 Å². The molecule has 0 saturated carbocycles. The highest BCUT2D eigenvalue weighted by atomic mass is 16.2. The standard InChI is InChI=1S/C23H27N5O2/c1-3-10-26-11-8-23(13-26)14-27(15-23)22(30)28-19-12-16(2)6-7-17(19)21(29)25-18-5-4-9-24-20(18)28/h4-7,9,12H,3,8,10-11,13-15H2,1-2H3,(H,25,29). The van der Waals surface area contributed by atoms with Crippen LogP contribution in [0.5, 0.6) is 0 Å². The fourth-order valence-electron chi connectivity index (χ4n) is 5.02. The molecule has 1 aromatic carbocycles. The number of fused-ring (bicyclic) bond motifs is 2. The average molecular weight is 406 g/mol. The Hall–Kier alpha value is -2.93. The van der Waals surface area contributed by atoms with E-state index in [4.69, 9.17) is 0 Å². The fourth-order valence-corrected chi connectivity index (χ4v) is 5.02. The summed E-state index contributed by atoms with van der Waals surface area (Å²) in [5.41, 5.74) is 2.83. The Morgan fingerprint density at radius 3 is 2.87 bits per heavy atom. The molecular formula is C23H27N5O2. The lowest BCUT2D eigenvalue weighted by Crippen LogP contribution is -2.62. The number of aryl methyl sites for hydroxylation is 1. The molecule has 7 nitrogen and oxygen atoms in total. The van der Waals surface area contributed by atoms with Crippen LogP contribution in [0.15, 0.2) is 36.5 Å². The zero-order chi connectivity index (χ0) is 20.9. The Morgan fingerprint density at radius 1 is 1.23 bits per heavy atom. The number of likely N-dealkylation sites (tertiary alicyclic amines) is 2. The summed E-state index contributed by atoms with van der Waals surface area (Å²) < 4.78 is 0. The average Bonchev–Trinajstić information content (AvgIpc) is 3.08. The van der Waals surface area contributed by atoms with Crippen molar-refractivity contribution < 1.29 is 9.59 Å². The summed E-state index contributed by atoms with van der Waals surface area (Å²) in [5.74, 6) is 0.251. The number of nitrogens with one attached hydrogen (secondary N) is 1. The highest BCUT2D eigenvalue weighted by molar-refractivity contribution is 6.16. The molecule has 0 atom stereocenters. The number of carbonyl (C=O) groups is 2. The largest absolute Gasteiger partial charge is 0.330 e. The predicted molar refractivity (Wildman–Crippen MR) is 116 cm³/mol. The Morgan fingerprint density at radius 2 is 2.07 bits per heavy atom. The maximum absolute atomic E-state index is 13.7. The molecule has 1 N–H and O–H groups in total. The second-order valence-electron chi connectivity index (χ2n) is 8.85. The van der Waals surface area contributed by atoms with E-state index in [2.05, 4.69) is 22.1 Å². The van der Waals surface area contributed by atoms with Gasteiger partial charge in [0.15, 0.2) is 5.82 Å². The zero-order valence-corrected chi connectivity index (χ0v) is 17.5. The van der Waals surface area contributed by atoms with Crippen molar-refractivity contribution in [2.75, 3.05) is 42.9 Å². The first-order chi connectivity index (χ1) is 14.5. The van der Waals surface area contributed by atoms with Gasteiger partial charge < -0.3 is 15.1 Å². The molecule has 5 rings (SSSR count). The summed E-state index contributed by atoms with van der Waals surface area (Å²) in [6.45, 7) is 8.99. The van der Waals surface area contributed by atoms with E-state index in [1.54, 1.807) is 29.3 Å². The van der Waals surface area contributed by atoms with Gasteiger partial charge in [-0.2, -0.15) is 0 Å². The SMILES string of the molecule is CCCN1CCC2(C1)CN(C(=O)N1c3cc(C)ccc3C(=O)Nc3cccnc31)C2. The van der Waals surface area contributed by atoms with Crippen molar-refractivity contribution >= 4 is 29.1 Å². The third-order valence-electron chi connectivity index (χ3n) is 6.46. The minimum Gasteiger partial charge on any atom is -0.323 e. The molecule has 0 aliphatic carbocycles. The fraction of sp³-hybridized carbons (Fsp3) is 0.435. The molecule has 0 radical (unpaired) electrons. The van der Waals surface area contributed by atoms with Crippen molar-refractivity contribution in [3.8, 4) is 0 Å². The van der Waals surface area contributed by atoms with Crippen LogP contribution in [0.1, 0.15) is 35.7 Å². The lowest BCUT2D eigenvalue weighted by molar-refractivity contribution is 0.0424. The second-order valence-corrected chi connectivity index (χ2v) is 8.85. The smallest absolute Gasteiger partial charge is 0.323 e. The van der Waals surface area contributed by atoms with Crippen molar-refractivity contribution in [2.24, 2.45) is 5.41 Å². The number of hydrogen-bond acceptors (Lipinski definition) is 4. The highest BCUT2D eigenvalue weighted by Gasteiger charge is 2.50. The summed E-state index contributed by atoms with van der Waals surface area (Å²) in [7, 11) is 0. The Bertz CT molecular complexity index is 1010. The van der Waals surface area contributed by atoms with Gasteiger partial charge in [0.1, 0.15) is 0 Å². The van der Waals surface area contributed by atoms with Gasteiger partial charge in [0.25, 0.3) is 5.91 Å². The zero-order valence-electron chi connectivity index (χ0n) is 17.5. The lowest BCUT2D eigenvalue weighted by atomic mass is 9.79. The topological polar surface area (TPSA) is 68.8 Å². The van der Waals surface area contributed by atoms with Crippen LogP contribution in [0.4, 0.5) is 22.0 Å². The van der Waals surface area contributed by atoms with Crippen LogP contribution in [-0.2, 0) is 0 Å². The summed E-state index contributed by atoms with van der Waals surface area (Å²) in [6.07, 6.45) is 3.96. The number of rotatable bonds is 2. The second kappa shape index (κ2) is 7.09. The van der Waals surface area contributed by atoms with Crippen LogP contribution in [0.3, 0.4) is 0 Å². The van der Waals surface area contributed by atoms with Gasteiger partial charge in [-0.15, -0.1) is 0 Å². The van der Waals surface area contributed by atoms with Crippen LogP contribution in [0.2, 0.25) is 0 Å². The van der Waals surface area contributed by atoms with Crippen LogP contribution in [0, 0.1) is 12.3 Å². The third-order valence-corrected chi connectivity index (χ3v) is 6.46. The number of pyridine rings is 1. The quantitative estimate of drug-likeness (QED) is 0.828. The molecule has 1 aromatic heterocycles. The number of benzene rings is 1. The van der Waals surface area contributed by atoms with Crippen molar-refractivity contribution in [2.45, 2.75) is 26.7 Å². The molecule has 4 heterocycles. The van der Waals surface area contributed by atoms with Gasteiger partial charge >= 0.3 is 6.03 Å². The Kier molecular flexibility index (Phi) is 4.50. The maximum Gasteiger partial charge on any atom is 0.330 e. The summed E-state index contributed by atoms with van der Waals surface area (Å²) in [6, 6.07) is 9.01. The maximum atomic E-state index is 13.7. The van der Waals surface area contributed by atoms with Crippen molar-refractivity contribution in [3.05, 3.63) is 47.7 Å². The molecule has 3 amide bonds. The monoisotopic (exact) mass is 405 g/mol. The predicted octanol–water partition coefficient (Wildman–Crippen LogP) is 3.63. The van der Waals surface area contributed by atoms with E-state index in [0.29, 0.717) is 22.8 Å². The van der Waals surface area contributed by atoms with Gasteiger partial charge in [-0.3, -0.25) is 4.79 Å². The van der Waals surface area contributed by atoms with E-state index < -0.39 is 0 Å². The first kappa shape index (κ1) is 19.1. The normalized spacial score (nSPS) is 19.7. The van der Waals surface area contributed by atoms with Crippen LogP contribution < -0.4 is 10.2 Å². The molecule has 3 aliphatic heterocycles. The number of carbonyl (C=O) groups excluding carboxylic acids is 2. The third kappa shape index (κ3) is 3.04. The first-order valence-electron chi connectivity index (χ1n) is 10.7. The van der Waals surface area contributed by atoms with E-state index in [9.17, 15) is 9.59 Å². The molecule has 30 heavy (non-hydrogen) atoms. The summed E-state index contributed by atoms with van der Waals surface area (Å²) >= 11 is 0. The Labute approximate surface area is 176 Å². The molecule has 2 saturated heterocycles. The summed E-state index contributed by atoms with van der Waals surface area (Å²) in [4.78, 5) is 37.0. The number of aromatic nitrogens is 1. The lowest BCUT2D eigenvalue weighted by Gasteiger charge is -2.49. The van der Waals surface area contributed by atoms with E-state index in [0.717, 1.165) is 51.1 Å². The Balaban J connectivity index is 1.47. The van der Waals surface area contributed by atoms with Gasteiger partial charge in [-0.05, 0) is 62.7 Å². The molecule has 3 aliphatic rings. The first-order valence-corrected chi connectivity index (χ1v) is 10.7. The number of nitrogens with zero attached hydrogens (tertiary/aromatic N) is 4. The number of amides is 3. The van der Waals surface area contributed by atoms with Gasteiger partial charge in [0.05, 0.1) is 16.9 Å². The molecule has 7 heteroatoms. The van der Waals surface area contributed by atoms with Crippen molar-refractivity contribution in [1.29, 1.82) is 0 Å². The van der Waals surface area contributed by atoms with Crippen LogP contribution in [0.25, 0.3) is 0 Å². The van der Waals surface area contributed by atoms with Gasteiger partial charge in [0.2, 0.25) is 0 Å². The van der Waals surface area contributed by atoms with Crippen molar-refractivity contribution in [3.63, 3.8) is 0 Å². The van der Waals surface area contributed by atoms with Crippen molar-refractivity contribution in [1.82, 2.24) is 14.8 Å². The molecule has 2 aromatic rings. The highest BCUT2D eigenvalue weighted by Crippen LogP contribution is 2.43. The number of urea groups is 1. The molecule has 0 bridgehead atoms. The van der Waals surface area contributed by atoms with E-state index in [1.807, 2.05) is 24.0 Å². The number of hydrogen-bond donors (Lipinski definition) is 1. The van der Waals surface area contributed by atoms with Gasteiger partial charge in [0, 0.05) is 31.2 Å². The van der Waals surface area contributed by atoms with Crippen LogP contribution >= 0.6 is 0 Å². The molecule has 1 spiro atoms. The van der Waals surface area contributed by atoms with Gasteiger partial charge in [-0.1, -0.05) is 13.0 Å². The van der Waals surface area contributed by atoms with E-state index in [1.165, 1.54) is 0 Å². The van der Waals surface area contributed by atoms with Gasteiger partial charge in [-0.25, -0.2) is 14.7 Å². The summed E-state index contributed by atoms with van der Waals surface area (Å²) in [5, 5.41) is 2.91. The minimum atomic E-state index is -0.222.